The normalized spacial score (nSPS) is 11.0. The van der Waals surface area contributed by atoms with Gasteiger partial charge in [0.05, 0.1) is 19.8 Å². The van der Waals surface area contributed by atoms with Gasteiger partial charge in [-0.1, -0.05) is 0 Å². The molecule has 0 atom stereocenters. The molecule has 0 fully saturated rings. The van der Waals surface area contributed by atoms with E-state index in [0.29, 0.717) is 11.8 Å². The number of halogens is 2. The largest absolute Gasteiger partial charge is 0.497 e. The van der Waals surface area contributed by atoms with Gasteiger partial charge in [0.15, 0.2) is 0 Å². The summed E-state index contributed by atoms with van der Waals surface area (Å²) >= 11 is 0. The lowest BCUT2D eigenvalue weighted by Gasteiger charge is -2.14. The van der Waals surface area contributed by atoms with E-state index in [1.807, 2.05) is 0 Å². The van der Waals surface area contributed by atoms with Crippen molar-refractivity contribution in [2.45, 2.75) is 4.90 Å². The van der Waals surface area contributed by atoms with Gasteiger partial charge >= 0.3 is 0 Å². The summed E-state index contributed by atoms with van der Waals surface area (Å²) < 4.78 is 65.3. The molecule has 3 aromatic rings. The van der Waals surface area contributed by atoms with Crippen LogP contribution < -0.4 is 19.5 Å². The lowest BCUT2D eigenvalue weighted by molar-refractivity contribution is 0.102. The second-order valence-corrected chi connectivity index (χ2v) is 7.93. The molecule has 1 amide bonds. The van der Waals surface area contributed by atoms with Gasteiger partial charge in [-0.2, -0.15) is 0 Å². The van der Waals surface area contributed by atoms with Crippen LogP contribution in [0.25, 0.3) is 0 Å². The highest BCUT2D eigenvalue weighted by atomic mass is 32.2. The van der Waals surface area contributed by atoms with Crippen molar-refractivity contribution < 1.29 is 31.5 Å². The first-order chi connectivity index (χ1) is 14.7. The topological polar surface area (TPSA) is 93.7 Å². The van der Waals surface area contributed by atoms with Gasteiger partial charge in [-0.3, -0.25) is 9.52 Å². The Morgan fingerprint density at radius 2 is 1.55 bits per heavy atom. The molecule has 0 spiro atoms. The van der Waals surface area contributed by atoms with Crippen LogP contribution in [0.2, 0.25) is 0 Å². The van der Waals surface area contributed by atoms with Crippen LogP contribution in [0, 0.1) is 11.6 Å². The Bertz CT molecular complexity index is 1210. The molecule has 162 valence electrons. The minimum atomic E-state index is -4.10. The van der Waals surface area contributed by atoms with Crippen molar-refractivity contribution in [3.63, 3.8) is 0 Å². The van der Waals surface area contributed by atoms with E-state index in [9.17, 15) is 22.0 Å². The standard InChI is InChI=1S/C21H18F2N2O5S/c1-29-16-7-4-14(5-8-16)25-31(27,28)20-12-15(6-10-19(20)30-2)24-21(26)17-9-3-13(22)11-18(17)23/h3-12,25H,1-2H3,(H,24,26). The number of hydrogen-bond acceptors (Lipinski definition) is 5. The van der Waals surface area contributed by atoms with E-state index in [-0.39, 0.29) is 22.0 Å². The fraction of sp³-hybridized carbons (Fsp3) is 0.0952. The molecule has 3 rings (SSSR count). The summed E-state index contributed by atoms with van der Waals surface area (Å²) in [6.45, 7) is 0. The molecule has 31 heavy (non-hydrogen) atoms. The number of ether oxygens (including phenoxy) is 2. The molecule has 0 aromatic heterocycles. The molecule has 7 nitrogen and oxygen atoms in total. The van der Waals surface area contributed by atoms with Crippen LogP contribution in [-0.2, 0) is 10.0 Å². The van der Waals surface area contributed by atoms with Crippen molar-refractivity contribution in [3.8, 4) is 11.5 Å². The highest BCUT2D eigenvalue weighted by Gasteiger charge is 2.22. The molecule has 0 aliphatic carbocycles. The minimum absolute atomic E-state index is 0.0342. The summed E-state index contributed by atoms with van der Waals surface area (Å²) in [7, 11) is -1.32. The van der Waals surface area contributed by atoms with Crippen molar-refractivity contribution in [2.75, 3.05) is 24.3 Å². The highest BCUT2D eigenvalue weighted by Crippen LogP contribution is 2.29. The molecule has 0 aliphatic rings. The van der Waals surface area contributed by atoms with E-state index < -0.39 is 33.1 Å². The zero-order chi connectivity index (χ0) is 22.6. The Kier molecular flexibility index (Phi) is 6.40. The van der Waals surface area contributed by atoms with Gasteiger partial charge in [0.2, 0.25) is 0 Å². The monoisotopic (exact) mass is 448 g/mol. The third-order valence-electron chi connectivity index (χ3n) is 4.23. The number of carbonyl (C=O) groups excluding carboxylic acids is 1. The summed E-state index contributed by atoms with van der Waals surface area (Å²) in [5, 5.41) is 2.40. The first-order valence-corrected chi connectivity index (χ1v) is 10.3. The highest BCUT2D eigenvalue weighted by molar-refractivity contribution is 7.92. The van der Waals surface area contributed by atoms with Crippen molar-refractivity contribution in [2.24, 2.45) is 0 Å². The summed E-state index contributed by atoms with van der Waals surface area (Å²) in [5.41, 5.74) is -0.0340. The number of nitrogens with one attached hydrogen (secondary N) is 2. The average Bonchev–Trinajstić information content (AvgIpc) is 2.74. The molecule has 0 radical (unpaired) electrons. The molecule has 0 aliphatic heterocycles. The second-order valence-electron chi connectivity index (χ2n) is 6.28. The van der Waals surface area contributed by atoms with Crippen molar-refractivity contribution in [1.29, 1.82) is 0 Å². The number of sulfonamides is 1. The van der Waals surface area contributed by atoms with Crippen LogP contribution in [0.4, 0.5) is 20.2 Å². The molecule has 2 N–H and O–H groups in total. The quantitative estimate of drug-likeness (QED) is 0.569. The smallest absolute Gasteiger partial charge is 0.265 e. The summed E-state index contributed by atoms with van der Waals surface area (Å²) in [6, 6.07) is 12.6. The Hall–Kier alpha value is -3.66. The van der Waals surface area contributed by atoms with E-state index in [0.717, 1.165) is 12.1 Å². The number of amides is 1. The number of benzene rings is 3. The maximum absolute atomic E-state index is 13.9. The van der Waals surface area contributed by atoms with E-state index in [1.54, 1.807) is 12.1 Å². The first kappa shape index (κ1) is 22.0. The van der Waals surface area contributed by atoms with E-state index in [4.69, 9.17) is 9.47 Å². The molecule has 0 saturated heterocycles. The third-order valence-corrected chi connectivity index (χ3v) is 5.63. The van der Waals surface area contributed by atoms with Crippen LogP contribution in [0.3, 0.4) is 0 Å². The summed E-state index contributed by atoms with van der Waals surface area (Å²) in [5.74, 6) is -2.14. The maximum Gasteiger partial charge on any atom is 0.265 e. The van der Waals surface area contributed by atoms with Gasteiger partial charge in [-0.05, 0) is 54.6 Å². The van der Waals surface area contributed by atoms with Crippen LogP contribution in [0.5, 0.6) is 11.5 Å². The number of rotatable bonds is 7. The summed E-state index contributed by atoms with van der Waals surface area (Å²) in [6.07, 6.45) is 0. The van der Waals surface area contributed by atoms with Crippen molar-refractivity contribution in [3.05, 3.63) is 77.9 Å². The number of carbonyl (C=O) groups is 1. The van der Waals surface area contributed by atoms with E-state index in [2.05, 4.69) is 10.0 Å². The van der Waals surface area contributed by atoms with Crippen LogP contribution in [-0.4, -0.2) is 28.5 Å². The molecule has 10 heteroatoms. The number of methoxy groups -OCH3 is 2. The maximum atomic E-state index is 13.9. The Balaban J connectivity index is 1.89. The SMILES string of the molecule is COc1ccc(NS(=O)(=O)c2cc(NC(=O)c3ccc(F)cc3F)ccc2OC)cc1. The molecule has 0 saturated carbocycles. The van der Waals surface area contributed by atoms with Gasteiger partial charge in [0.25, 0.3) is 15.9 Å². The minimum Gasteiger partial charge on any atom is -0.497 e. The fourth-order valence-corrected chi connectivity index (χ4v) is 3.96. The van der Waals surface area contributed by atoms with Crippen LogP contribution in [0.15, 0.2) is 65.6 Å². The van der Waals surface area contributed by atoms with Gasteiger partial charge in [0, 0.05) is 17.4 Å². The number of hydrogen-bond donors (Lipinski definition) is 2. The molecule has 0 unspecified atom stereocenters. The van der Waals surface area contributed by atoms with E-state index >= 15 is 0 Å². The first-order valence-electron chi connectivity index (χ1n) is 8.85. The Morgan fingerprint density at radius 3 is 2.16 bits per heavy atom. The molecule has 0 heterocycles. The van der Waals surface area contributed by atoms with Gasteiger partial charge < -0.3 is 14.8 Å². The molecular weight excluding hydrogens is 430 g/mol. The predicted molar refractivity (Wildman–Crippen MR) is 111 cm³/mol. The predicted octanol–water partition coefficient (Wildman–Crippen LogP) is 4.04. The van der Waals surface area contributed by atoms with Gasteiger partial charge in [0.1, 0.15) is 28.0 Å². The fourth-order valence-electron chi connectivity index (χ4n) is 2.71. The molecule has 0 bridgehead atoms. The Labute approximate surface area is 177 Å². The molecule has 3 aromatic carbocycles. The van der Waals surface area contributed by atoms with Crippen LogP contribution in [0.1, 0.15) is 10.4 Å². The lowest BCUT2D eigenvalue weighted by Crippen LogP contribution is -2.17. The molecular formula is C21H18F2N2O5S. The van der Waals surface area contributed by atoms with Crippen molar-refractivity contribution in [1.82, 2.24) is 0 Å². The summed E-state index contributed by atoms with van der Waals surface area (Å²) in [4.78, 5) is 12.1. The van der Waals surface area contributed by atoms with E-state index in [1.165, 1.54) is 44.6 Å². The van der Waals surface area contributed by atoms with Gasteiger partial charge in [-0.15, -0.1) is 0 Å². The second kappa shape index (κ2) is 9.00. The zero-order valence-corrected chi connectivity index (χ0v) is 17.3. The Morgan fingerprint density at radius 1 is 0.871 bits per heavy atom. The van der Waals surface area contributed by atoms with Crippen LogP contribution >= 0.6 is 0 Å². The van der Waals surface area contributed by atoms with Gasteiger partial charge in [-0.25, -0.2) is 17.2 Å². The third kappa shape index (κ3) is 5.10. The average molecular weight is 448 g/mol. The zero-order valence-electron chi connectivity index (χ0n) is 16.5. The number of anilines is 2. The lowest BCUT2D eigenvalue weighted by atomic mass is 10.2. The van der Waals surface area contributed by atoms with Crippen molar-refractivity contribution >= 4 is 27.3 Å².